The molecule has 2 heterocycles. The second-order valence-electron chi connectivity index (χ2n) is 8.82. The Morgan fingerprint density at radius 2 is 2.00 bits per heavy atom. The lowest BCUT2D eigenvalue weighted by Crippen LogP contribution is -2.54. The molecule has 3 amide bonds. The van der Waals surface area contributed by atoms with Crippen LogP contribution in [0.5, 0.6) is 0 Å². The van der Waals surface area contributed by atoms with Gasteiger partial charge in [-0.1, -0.05) is 19.9 Å². The molecule has 3 fully saturated rings. The van der Waals surface area contributed by atoms with Crippen molar-refractivity contribution in [2.75, 3.05) is 13.1 Å². The first kappa shape index (κ1) is 19.4. The van der Waals surface area contributed by atoms with E-state index in [1.165, 1.54) is 25.5 Å². The largest absolute Gasteiger partial charge is 0.368 e. The molecule has 3 atom stereocenters. The second-order valence-corrected chi connectivity index (χ2v) is 8.82. The summed E-state index contributed by atoms with van der Waals surface area (Å²) in [5.74, 6) is 0.686. The van der Waals surface area contributed by atoms with E-state index in [0.717, 1.165) is 5.92 Å². The number of carbonyl (C=O) groups is 3. The third kappa shape index (κ3) is 3.47. The van der Waals surface area contributed by atoms with E-state index < -0.39 is 11.8 Å². The van der Waals surface area contributed by atoms with Gasteiger partial charge in [-0.2, -0.15) is 0 Å². The number of nitrogens with two attached hydrogens (primary N) is 1. The maximum absolute atomic E-state index is 12.9. The first-order valence-corrected chi connectivity index (χ1v) is 10.1. The molecule has 0 aromatic carbocycles. The highest BCUT2D eigenvalue weighted by Crippen LogP contribution is 2.61. The number of pyridine rings is 1. The lowest BCUT2D eigenvalue weighted by atomic mass is 9.45. The van der Waals surface area contributed by atoms with Crippen LogP contribution >= 0.6 is 0 Å². The van der Waals surface area contributed by atoms with Crippen molar-refractivity contribution >= 4 is 23.4 Å². The fourth-order valence-electron chi connectivity index (χ4n) is 5.08. The van der Waals surface area contributed by atoms with Gasteiger partial charge < -0.3 is 16.4 Å². The van der Waals surface area contributed by atoms with Gasteiger partial charge in [0.05, 0.1) is 6.54 Å². The first-order valence-electron chi connectivity index (χ1n) is 10.1. The number of hydrogen-bond acceptors (Lipinski definition) is 4. The molecule has 8 heteroatoms. The standard InChI is InChI=1S/C21H27N5O3/c1-21(2)13-7-6-12(14(21)8-13)9-23-20(29)16-4-3-5-18-25-15(11-26(16)18)19(28)24-10-17(22)27/h3-5,11-14H,6-10H2,1-2H3,(H2,22,27)(H,23,29)(H,24,28)/t12-,13-,14-/m0/s1. The molecule has 0 spiro atoms. The molecule has 3 aliphatic carbocycles. The van der Waals surface area contributed by atoms with E-state index in [1.54, 1.807) is 22.6 Å². The Labute approximate surface area is 169 Å². The molecular formula is C21H27N5O3. The second kappa shape index (κ2) is 7.17. The molecule has 0 saturated heterocycles. The Morgan fingerprint density at radius 3 is 2.69 bits per heavy atom. The van der Waals surface area contributed by atoms with Gasteiger partial charge in [-0.3, -0.25) is 18.8 Å². The van der Waals surface area contributed by atoms with E-state index in [2.05, 4.69) is 29.5 Å². The highest BCUT2D eigenvalue weighted by molar-refractivity contribution is 5.96. The molecule has 4 N–H and O–H groups in total. The van der Waals surface area contributed by atoms with Crippen LogP contribution in [0.25, 0.3) is 5.65 Å². The summed E-state index contributed by atoms with van der Waals surface area (Å²) >= 11 is 0. The number of amides is 3. The van der Waals surface area contributed by atoms with Crippen LogP contribution in [-0.2, 0) is 4.79 Å². The van der Waals surface area contributed by atoms with Gasteiger partial charge in [-0.15, -0.1) is 0 Å². The average Bonchev–Trinajstić information content (AvgIpc) is 3.14. The van der Waals surface area contributed by atoms with Gasteiger partial charge >= 0.3 is 0 Å². The van der Waals surface area contributed by atoms with Crippen molar-refractivity contribution in [2.24, 2.45) is 28.9 Å². The summed E-state index contributed by atoms with van der Waals surface area (Å²) in [5, 5.41) is 5.49. The van der Waals surface area contributed by atoms with E-state index in [1.807, 2.05) is 0 Å². The van der Waals surface area contributed by atoms with Crippen LogP contribution < -0.4 is 16.4 Å². The van der Waals surface area contributed by atoms with Crippen molar-refractivity contribution in [3.63, 3.8) is 0 Å². The molecule has 3 saturated carbocycles. The van der Waals surface area contributed by atoms with Crippen molar-refractivity contribution in [1.29, 1.82) is 0 Å². The molecule has 2 aromatic rings. The molecule has 0 radical (unpaired) electrons. The van der Waals surface area contributed by atoms with Crippen LogP contribution in [0.15, 0.2) is 24.4 Å². The van der Waals surface area contributed by atoms with E-state index in [4.69, 9.17) is 5.73 Å². The maximum Gasteiger partial charge on any atom is 0.271 e. The molecule has 2 bridgehead atoms. The topological polar surface area (TPSA) is 119 Å². The fourth-order valence-corrected chi connectivity index (χ4v) is 5.08. The Hall–Kier alpha value is -2.90. The third-order valence-corrected chi connectivity index (χ3v) is 6.91. The van der Waals surface area contributed by atoms with E-state index in [9.17, 15) is 14.4 Å². The van der Waals surface area contributed by atoms with Crippen LogP contribution in [0, 0.1) is 23.2 Å². The summed E-state index contributed by atoms with van der Waals surface area (Å²) in [6.45, 7) is 5.09. The minimum Gasteiger partial charge on any atom is -0.368 e. The predicted molar refractivity (Wildman–Crippen MR) is 107 cm³/mol. The molecule has 8 nitrogen and oxygen atoms in total. The van der Waals surface area contributed by atoms with Gasteiger partial charge in [0.2, 0.25) is 5.91 Å². The van der Waals surface area contributed by atoms with Crippen LogP contribution in [0.1, 0.15) is 54.1 Å². The van der Waals surface area contributed by atoms with Crippen molar-refractivity contribution in [2.45, 2.75) is 33.1 Å². The van der Waals surface area contributed by atoms with E-state index >= 15 is 0 Å². The SMILES string of the molecule is CC1(C)[C@H]2CC[C@@H](CNC(=O)c3cccc4nc(C(=O)NCC(N)=O)cn34)[C@@H]1C2. The number of aromatic nitrogens is 2. The summed E-state index contributed by atoms with van der Waals surface area (Å²) in [4.78, 5) is 40.1. The van der Waals surface area contributed by atoms with E-state index in [0.29, 0.717) is 35.1 Å². The lowest BCUT2D eigenvalue weighted by Gasteiger charge is -2.60. The number of carbonyl (C=O) groups excluding carboxylic acids is 3. The molecule has 154 valence electrons. The Balaban J connectivity index is 1.46. The number of primary amides is 1. The predicted octanol–water partition coefficient (Wildman–Crippen LogP) is 1.35. The quantitative estimate of drug-likeness (QED) is 0.682. The molecular weight excluding hydrogens is 370 g/mol. The number of nitrogens with zero attached hydrogens (tertiary/aromatic N) is 2. The minimum absolute atomic E-state index is 0.126. The smallest absolute Gasteiger partial charge is 0.271 e. The number of rotatable bonds is 6. The minimum atomic E-state index is -0.633. The summed E-state index contributed by atoms with van der Waals surface area (Å²) in [6, 6.07) is 5.17. The maximum atomic E-state index is 12.9. The zero-order valence-corrected chi connectivity index (χ0v) is 16.8. The molecule has 5 rings (SSSR count). The summed E-state index contributed by atoms with van der Waals surface area (Å²) in [6.07, 6.45) is 5.18. The number of nitrogens with one attached hydrogen (secondary N) is 2. The van der Waals surface area contributed by atoms with Crippen LogP contribution in [0.3, 0.4) is 0 Å². The molecule has 3 aliphatic rings. The van der Waals surface area contributed by atoms with Crippen LogP contribution in [-0.4, -0.2) is 40.2 Å². The van der Waals surface area contributed by atoms with E-state index in [-0.39, 0.29) is 18.1 Å². The van der Waals surface area contributed by atoms with Gasteiger partial charge in [0.1, 0.15) is 17.0 Å². The highest BCUT2D eigenvalue weighted by atomic mass is 16.2. The van der Waals surface area contributed by atoms with Crippen molar-refractivity contribution < 1.29 is 14.4 Å². The molecule has 0 aliphatic heterocycles. The molecule has 29 heavy (non-hydrogen) atoms. The van der Waals surface area contributed by atoms with Crippen LogP contribution in [0.2, 0.25) is 0 Å². The van der Waals surface area contributed by atoms with Gasteiger partial charge in [-0.05, 0) is 54.6 Å². The Kier molecular flexibility index (Phi) is 4.80. The monoisotopic (exact) mass is 397 g/mol. The Bertz CT molecular complexity index is 978. The summed E-state index contributed by atoms with van der Waals surface area (Å²) < 4.78 is 1.60. The fraction of sp³-hybridized carbons (Fsp3) is 0.524. The highest BCUT2D eigenvalue weighted by Gasteiger charge is 2.53. The van der Waals surface area contributed by atoms with Gasteiger partial charge in [-0.25, -0.2) is 4.98 Å². The lowest BCUT2D eigenvalue weighted by molar-refractivity contribution is -0.117. The van der Waals surface area contributed by atoms with Gasteiger partial charge in [0.15, 0.2) is 0 Å². The zero-order chi connectivity index (χ0) is 20.8. The third-order valence-electron chi connectivity index (χ3n) is 6.91. The number of imidazole rings is 1. The number of fused-ring (bicyclic) bond motifs is 3. The van der Waals surface area contributed by atoms with Crippen molar-refractivity contribution in [3.05, 3.63) is 35.8 Å². The average molecular weight is 397 g/mol. The van der Waals surface area contributed by atoms with Gasteiger partial charge in [0, 0.05) is 12.7 Å². The van der Waals surface area contributed by atoms with Crippen LogP contribution in [0.4, 0.5) is 0 Å². The van der Waals surface area contributed by atoms with Gasteiger partial charge in [0.25, 0.3) is 11.8 Å². The zero-order valence-electron chi connectivity index (χ0n) is 16.8. The summed E-state index contributed by atoms with van der Waals surface area (Å²) in [7, 11) is 0. The molecule has 2 aromatic heterocycles. The first-order chi connectivity index (χ1) is 13.8. The van der Waals surface area contributed by atoms with Crippen molar-refractivity contribution in [3.8, 4) is 0 Å². The number of hydrogen-bond donors (Lipinski definition) is 3. The van der Waals surface area contributed by atoms with Crippen molar-refractivity contribution in [1.82, 2.24) is 20.0 Å². The summed E-state index contributed by atoms with van der Waals surface area (Å²) in [5.41, 5.74) is 6.47. The molecule has 0 unspecified atom stereocenters. The Morgan fingerprint density at radius 1 is 1.21 bits per heavy atom. The normalized spacial score (nSPS) is 24.6.